The topological polar surface area (TPSA) is 108 Å². The highest BCUT2D eigenvalue weighted by Gasteiger charge is 2.23. The Hall–Kier alpha value is -2.06. The molecule has 0 aromatic heterocycles. The van der Waals surface area contributed by atoms with Gasteiger partial charge in [-0.2, -0.15) is 0 Å². The van der Waals surface area contributed by atoms with E-state index in [-0.39, 0.29) is 12.5 Å². The van der Waals surface area contributed by atoms with Gasteiger partial charge in [0.15, 0.2) is 0 Å². The van der Waals surface area contributed by atoms with E-state index in [0.29, 0.717) is 17.4 Å². The molecule has 3 atom stereocenters. The van der Waals surface area contributed by atoms with E-state index in [1.54, 1.807) is 6.08 Å². The minimum Gasteiger partial charge on any atom is -0.756 e. The largest absolute Gasteiger partial charge is 0.756 e. The Kier molecular flexibility index (Phi) is 55.1. The minimum atomic E-state index is -4.62. The van der Waals surface area contributed by atoms with Crippen molar-refractivity contribution in [2.45, 2.75) is 302 Å². The first-order valence-electron chi connectivity index (χ1n) is 31.8. The van der Waals surface area contributed by atoms with Gasteiger partial charge in [-0.05, 0) is 83.5 Å². The average molecular weight is 1070 g/mol. The predicted molar refractivity (Wildman–Crippen MR) is 325 cm³/mol. The lowest BCUT2D eigenvalue weighted by Crippen LogP contribution is -2.45. The second-order valence-corrected chi connectivity index (χ2v) is 24.2. The summed E-state index contributed by atoms with van der Waals surface area (Å²) in [4.78, 5) is 25.6. The van der Waals surface area contributed by atoms with Crippen molar-refractivity contribution in [3.05, 3.63) is 72.9 Å². The highest BCUT2D eigenvalue weighted by molar-refractivity contribution is 7.45. The molecule has 0 aromatic carbocycles. The summed E-state index contributed by atoms with van der Waals surface area (Å²) >= 11 is 0. The molecule has 438 valence electrons. The van der Waals surface area contributed by atoms with Crippen LogP contribution in [0.3, 0.4) is 0 Å². The third-order valence-electron chi connectivity index (χ3n) is 14.1. The van der Waals surface area contributed by atoms with Crippen LogP contribution in [0.5, 0.6) is 0 Å². The normalized spacial score (nSPS) is 14.3. The first kappa shape index (κ1) is 72.9. The van der Waals surface area contributed by atoms with Crippen molar-refractivity contribution in [3.63, 3.8) is 0 Å². The Balaban J connectivity index is 4.21. The van der Waals surface area contributed by atoms with E-state index in [2.05, 4.69) is 79.9 Å². The lowest BCUT2D eigenvalue weighted by Gasteiger charge is -2.29. The van der Waals surface area contributed by atoms with Gasteiger partial charge in [0.2, 0.25) is 5.91 Å². The second-order valence-electron chi connectivity index (χ2n) is 22.7. The van der Waals surface area contributed by atoms with E-state index in [9.17, 15) is 19.4 Å². The molecule has 0 spiro atoms. The predicted octanol–water partition coefficient (Wildman–Crippen LogP) is 19.2. The van der Waals surface area contributed by atoms with E-state index in [4.69, 9.17) is 9.05 Å². The fourth-order valence-corrected chi connectivity index (χ4v) is 9.86. The molecule has 1 amide bonds. The number of carbonyl (C=O) groups is 1. The van der Waals surface area contributed by atoms with Crippen LogP contribution in [-0.4, -0.2) is 68.5 Å². The summed E-state index contributed by atoms with van der Waals surface area (Å²) in [6, 6.07) is -0.914. The minimum absolute atomic E-state index is 0.0110. The van der Waals surface area contributed by atoms with Crippen LogP contribution in [0.1, 0.15) is 290 Å². The number of aliphatic hydroxyl groups is 1. The van der Waals surface area contributed by atoms with E-state index in [1.165, 1.54) is 212 Å². The number of quaternary nitrogens is 1. The number of phosphoric ester groups is 1. The highest BCUT2D eigenvalue weighted by Crippen LogP contribution is 2.38. The molecule has 0 saturated heterocycles. The van der Waals surface area contributed by atoms with Gasteiger partial charge in [0.1, 0.15) is 13.2 Å². The van der Waals surface area contributed by atoms with Crippen molar-refractivity contribution in [2.75, 3.05) is 40.9 Å². The summed E-state index contributed by atoms with van der Waals surface area (Å²) in [5.41, 5.74) is 0. The standard InChI is InChI=1S/C66H123N2O6P/c1-6-8-10-12-14-16-18-20-22-24-26-28-30-32-33-34-35-36-38-40-42-44-46-48-50-52-54-56-58-60-66(70)67-64(63-74-75(71,72)73-62-61-68(3,4)5)65(69)59-57-55-53-51-49-47-45-43-41-39-37-31-29-27-25-23-21-19-17-15-13-11-9-7-2/h18,20,24,26,30,32,41,43,49,51,57,59,64-65,69H,6-17,19,21-23,25,27-29,31,33-40,42,44-48,50,52-56,58,60-63H2,1-5H3,(H-,67,70,71,72)/b20-18-,26-24-,32-30-,43-41+,51-49+,59-57+. The van der Waals surface area contributed by atoms with E-state index < -0.39 is 26.6 Å². The number of carbonyl (C=O) groups excluding carboxylic acids is 1. The number of amides is 1. The zero-order valence-electron chi connectivity index (χ0n) is 50.0. The molecule has 3 unspecified atom stereocenters. The Morgan fingerprint density at radius 3 is 1.17 bits per heavy atom. The summed E-state index contributed by atoms with van der Waals surface area (Å²) in [5.74, 6) is -0.211. The van der Waals surface area contributed by atoms with Crippen molar-refractivity contribution in [2.24, 2.45) is 0 Å². The van der Waals surface area contributed by atoms with Crippen LogP contribution in [0.2, 0.25) is 0 Å². The average Bonchev–Trinajstić information content (AvgIpc) is 3.37. The number of rotatable bonds is 58. The van der Waals surface area contributed by atoms with Gasteiger partial charge < -0.3 is 28.8 Å². The fourth-order valence-electron chi connectivity index (χ4n) is 9.14. The maximum Gasteiger partial charge on any atom is 0.268 e. The molecule has 0 rings (SSSR count). The molecule has 0 bridgehead atoms. The number of unbranched alkanes of at least 4 members (excludes halogenated alkanes) is 35. The molecule has 0 heterocycles. The number of aliphatic hydroxyl groups excluding tert-OH is 1. The van der Waals surface area contributed by atoms with Crippen LogP contribution in [0.15, 0.2) is 72.9 Å². The molecule has 2 N–H and O–H groups in total. The molecule has 0 aromatic rings. The van der Waals surface area contributed by atoms with E-state index in [1.807, 2.05) is 27.2 Å². The van der Waals surface area contributed by atoms with E-state index >= 15 is 0 Å². The Morgan fingerprint density at radius 2 is 0.787 bits per heavy atom. The summed E-state index contributed by atoms with van der Waals surface area (Å²) < 4.78 is 23.4. The lowest BCUT2D eigenvalue weighted by atomic mass is 10.0. The van der Waals surface area contributed by atoms with Gasteiger partial charge in [-0.15, -0.1) is 0 Å². The molecule has 9 heteroatoms. The lowest BCUT2D eigenvalue weighted by molar-refractivity contribution is -0.870. The maximum absolute atomic E-state index is 13.0. The van der Waals surface area contributed by atoms with Crippen LogP contribution in [-0.2, 0) is 18.4 Å². The van der Waals surface area contributed by atoms with Crippen LogP contribution in [0.25, 0.3) is 0 Å². The number of nitrogens with zero attached hydrogens (tertiary/aromatic N) is 1. The van der Waals surface area contributed by atoms with Gasteiger partial charge in [-0.25, -0.2) is 0 Å². The number of likely N-dealkylation sites (N-methyl/N-ethyl adjacent to an activating group) is 1. The zero-order chi connectivity index (χ0) is 54.9. The van der Waals surface area contributed by atoms with Gasteiger partial charge in [-0.3, -0.25) is 9.36 Å². The molecule has 0 radical (unpaired) electrons. The monoisotopic (exact) mass is 1070 g/mol. The van der Waals surface area contributed by atoms with E-state index in [0.717, 1.165) is 57.8 Å². The van der Waals surface area contributed by atoms with Gasteiger partial charge >= 0.3 is 0 Å². The van der Waals surface area contributed by atoms with Crippen LogP contribution >= 0.6 is 7.82 Å². The number of hydrogen-bond acceptors (Lipinski definition) is 6. The highest BCUT2D eigenvalue weighted by atomic mass is 31.2. The number of hydrogen-bond donors (Lipinski definition) is 2. The number of allylic oxidation sites excluding steroid dienone is 11. The maximum atomic E-state index is 13.0. The van der Waals surface area contributed by atoms with Crippen LogP contribution in [0, 0.1) is 0 Å². The molecule has 0 aliphatic heterocycles. The summed E-state index contributed by atoms with van der Waals surface area (Å²) in [7, 11) is 1.24. The molecular formula is C66H123N2O6P. The molecule has 0 aliphatic rings. The number of phosphoric acid groups is 1. The van der Waals surface area contributed by atoms with Gasteiger partial charge in [0, 0.05) is 6.42 Å². The van der Waals surface area contributed by atoms with Gasteiger partial charge in [-0.1, -0.05) is 273 Å². The van der Waals surface area contributed by atoms with Crippen molar-refractivity contribution >= 4 is 13.7 Å². The van der Waals surface area contributed by atoms with Crippen LogP contribution < -0.4 is 10.2 Å². The SMILES string of the molecule is CCCCCCC/C=C\C/C=C\C/C=C\CCCCCCCCCCCCCCCCC(=O)NC(COP(=O)([O-])OCC[N+](C)(C)C)C(O)/C=C/CC/C=C/CC/C=C/CCCCCCCCCCCCCCCC. The second kappa shape index (κ2) is 56.7. The molecule has 0 saturated carbocycles. The van der Waals surface area contributed by atoms with Crippen LogP contribution in [0.4, 0.5) is 0 Å². The Bertz CT molecular complexity index is 1450. The first-order valence-corrected chi connectivity index (χ1v) is 33.3. The van der Waals surface area contributed by atoms with Crippen molar-refractivity contribution in [3.8, 4) is 0 Å². The Labute approximate surface area is 465 Å². The molecule has 0 aliphatic carbocycles. The third kappa shape index (κ3) is 59.4. The third-order valence-corrected chi connectivity index (χ3v) is 15.1. The zero-order valence-corrected chi connectivity index (χ0v) is 50.9. The van der Waals surface area contributed by atoms with Crippen molar-refractivity contribution in [1.82, 2.24) is 5.32 Å². The van der Waals surface area contributed by atoms with Crippen molar-refractivity contribution in [1.29, 1.82) is 0 Å². The van der Waals surface area contributed by atoms with Gasteiger partial charge in [0.25, 0.3) is 7.82 Å². The molecule has 8 nitrogen and oxygen atoms in total. The summed E-state index contributed by atoms with van der Waals surface area (Å²) in [6.45, 7) is 4.63. The first-order chi connectivity index (χ1) is 36.5. The Morgan fingerprint density at radius 1 is 0.467 bits per heavy atom. The fraction of sp³-hybridized carbons (Fsp3) is 0.803. The summed E-state index contributed by atoms with van der Waals surface area (Å²) in [5, 5.41) is 13.9. The number of nitrogens with one attached hydrogen (secondary N) is 1. The quantitative estimate of drug-likeness (QED) is 0.0272. The summed E-state index contributed by atoms with van der Waals surface area (Å²) in [6.07, 6.45) is 78.6. The molecular weight excluding hydrogens is 948 g/mol. The molecule has 75 heavy (non-hydrogen) atoms. The van der Waals surface area contributed by atoms with Crippen molar-refractivity contribution < 1.29 is 32.9 Å². The van der Waals surface area contributed by atoms with Gasteiger partial charge in [0.05, 0.1) is 39.9 Å². The smallest absolute Gasteiger partial charge is 0.268 e. The molecule has 0 fully saturated rings.